The average molecular weight is 366 g/mol. The molecule has 0 unspecified atom stereocenters. The van der Waals surface area contributed by atoms with Gasteiger partial charge in [-0.25, -0.2) is 4.39 Å². The SMILES string of the molecule is Fc1cc(Br)ccc1CSc1cc(Cl)ccc1Cl. The summed E-state index contributed by atoms with van der Waals surface area (Å²) in [6.45, 7) is 0. The number of hydrogen-bond donors (Lipinski definition) is 0. The van der Waals surface area contributed by atoms with Crippen LogP contribution in [0.5, 0.6) is 0 Å². The largest absolute Gasteiger partial charge is 0.207 e. The standard InChI is InChI=1S/C13H8BrCl2FS/c14-9-2-1-8(12(17)5-9)7-18-13-6-10(15)3-4-11(13)16/h1-6H,7H2. The summed E-state index contributed by atoms with van der Waals surface area (Å²) < 4.78 is 14.4. The van der Waals surface area contributed by atoms with Crippen LogP contribution in [0.25, 0.3) is 0 Å². The fourth-order valence-corrected chi connectivity index (χ4v) is 3.19. The van der Waals surface area contributed by atoms with Gasteiger partial charge < -0.3 is 0 Å². The van der Waals surface area contributed by atoms with E-state index in [9.17, 15) is 4.39 Å². The first-order valence-electron chi connectivity index (χ1n) is 5.08. The molecule has 0 spiro atoms. The second kappa shape index (κ2) is 6.29. The van der Waals surface area contributed by atoms with Gasteiger partial charge in [0.1, 0.15) is 5.82 Å². The van der Waals surface area contributed by atoms with Crippen molar-refractivity contribution in [3.63, 3.8) is 0 Å². The van der Waals surface area contributed by atoms with E-state index in [0.29, 0.717) is 21.4 Å². The van der Waals surface area contributed by atoms with Crippen LogP contribution >= 0.6 is 50.9 Å². The minimum atomic E-state index is -0.227. The minimum Gasteiger partial charge on any atom is -0.207 e. The van der Waals surface area contributed by atoms with Crippen LogP contribution in [0.3, 0.4) is 0 Å². The van der Waals surface area contributed by atoms with Crippen molar-refractivity contribution in [3.8, 4) is 0 Å². The second-order valence-electron chi connectivity index (χ2n) is 3.60. The Bertz CT molecular complexity index is 575. The van der Waals surface area contributed by atoms with E-state index in [-0.39, 0.29) is 5.82 Å². The summed E-state index contributed by atoms with van der Waals surface area (Å²) in [6.07, 6.45) is 0. The molecular weight excluding hydrogens is 358 g/mol. The Morgan fingerprint density at radius 3 is 2.61 bits per heavy atom. The van der Waals surface area contributed by atoms with Crippen molar-refractivity contribution in [2.24, 2.45) is 0 Å². The molecule has 0 amide bonds. The van der Waals surface area contributed by atoms with Crippen molar-refractivity contribution in [2.75, 3.05) is 0 Å². The normalized spacial score (nSPS) is 10.7. The molecule has 0 fully saturated rings. The van der Waals surface area contributed by atoms with Gasteiger partial charge in [-0.3, -0.25) is 0 Å². The maximum Gasteiger partial charge on any atom is 0.128 e. The molecule has 0 aliphatic rings. The zero-order valence-electron chi connectivity index (χ0n) is 9.09. The predicted octanol–water partition coefficient (Wildman–Crippen LogP) is 6.19. The zero-order chi connectivity index (χ0) is 13.1. The van der Waals surface area contributed by atoms with Gasteiger partial charge in [-0.2, -0.15) is 0 Å². The van der Waals surface area contributed by atoms with Gasteiger partial charge in [0, 0.05) is 20.1 Å². The lowest BCUT2D eigenvalue weighted by Crippen LogP contribution is -1.87. The third kappa shape index (κ3) is 3.64. The maximum atomic E-state index is 13.6. The summed E-state index contributed by atoms with van der Waals surface area (Å²) in [4.78, 5) is 0.853. The first-order chi connectivity index (χ1) is 8.56. The summed E-state index contributed by atoms with van der Waals surface area (Å²) >= 11 is 16.6. The Balaban J connectivity index is 2.13. The lowest BCUT2D eigenvalue weighted by Gasteiger charge is -2.06. The third-order valence-electron chi connectivity index (χ3n) is 2.29. The van der Waals surface area contributed by atoms with Crippen molar-refractivity contribution in [1.29, 1.82) is 0 Å². The van der Waals surface area contributed by atoms with Crippen LogP contribution in [0.15, 0.2) is 45.8 Å². The molecule has 0 nitrogen and oxygen atoms in total. The molecule has 0 N–H and O–H groups in total. The Hall–Kier alpha value is -0.220. The van der Waals surface area contributed by atoms with Crippen molar-refractivity contribution in [1.82, 2.24) is 0 Å². The summed E-state index contributed by atoms with van der Waals surface area (Å²) in [5, 5.41) is 1.25. The molecule has 5 heteroatoms. The van der Waals surface area contributed by atoms with Gasteiger partial charge in [0.2, 0.25) is 0 Å². The van der Waals surface area contributed by atoms with Crippen molar-refractivity contribution in [3.05, 3.63) is 62.3 Å². The molecule has 0 saturated heterocycles. The van der Waals surface area contributed by atoms with E-state index < -0.39 is 0 Å². The van der Waals surface area contributed by atoms with Crippen molar-refractivity contribution in [2.45, 2.75) is 10.6 Å². The highest BCUT2D eigenvalue weighted by molar-refractivity contribution is 9.10. The zero-order valence-corrected chi connectivity index (χ0v) is 13.0. The molecule has 0 heterocycles. The van der Waals surface area contributed by atoms with Crippen LogP contribution in [0, 0.1) is 5.82 Å². The van der Waals surface area contributed by atoms with Gasteiger partial charge >= 0.3 is 0 Å². The molecule has 0 aliphatic carbocycles. The number of halogens is 4. The van der Waals surface area contributed by atoms with Crippen molar-refractivity contribution < 1.29 is 4.39 Å². The molecule has 2 aromatic rings. The topological polar surface area (TPSA) is 0 Å². The molecule has 0 bridgehead atoms. The highest BCUT2D eigenvalue weighted by atomic mass is 79.9. The number of hydrogen-bond acceptors (Lipinski definition) is 1. The Morgan fingerprint density at radius 2 is 1.89 bits per heavy atom. The van der Waals surface area contributed by atoms with Crippen LogP contribution in [0.2, 0.25) is 10.0 Å². The van der Waals surface area contributed by atoms with E-state index in [2.05, 4.69) is 15.9 Å². The van der Waals surface area contributed by atoms with Crippen LogP contribution in [-0.2, 0) is 5.75 Å². The van der Waals surface area contributed by atoms with E-state index in [1.807, 2.05) is 6.07 Å². The summed E-state index contributed by atoms with van der Waals surface area (Å²) in [6, 6.07) is 10.3. The average Bonchev–Trinajstić information content (AvgIpc) is 2.32. The first kappa shape index (κ1) is 14.2. The van der Waals surface area contributed by atoms with Crippen LogP contribution < -0.4 is 0 Å². The molecule has 0 radical (unpaired) electrons. The Labute approximate surface area is 128 Å². The highest BCUT2D eigenvalue weighted by Crippen LogP contribution is 2.32. The summed E-state index contributed by atoms with van der Waals surface area (Å²) in [7, 11) is 0. The Kier molecular flexibility index (Phi) is 4.96. The van der Waals surface area contributed by atoms with Crippen molar-refractivity contribution >= 4 is 50.9 Å². The van der Waals surface area contributed by atoms with Crippen LogP contribution in [0.1, 0.15) is 5.56 Å². The smallest absolute Gasteiger partial charge is 0.128 e. The van der Waals surface area contributed by atoms with E-state index in [1.54, 1.807) is 24.3 Å². The van der Waals surface area contributed by atoms with E-state index in [1.165, 1.54) is 17.8 Å². The van der Waals surface area contributed by atoms with E-state index >= 15 is 0 Å². The molecule has 0 saturated carbocycles. The minimum absolute atomic E-state index is 0.227. The highest BCUT2D eigenvalue weighted by Gasteiger charge is 2.06. The second-order valence-corrected chi connectivity index (χ2v) is 6.38. The molecule has 2 rings (SSSR count). The maximum absolute atomic E-state index is 13.6. The lowest BCUT2D eigenvalue weighted by molar-refractivity contribution is 0.616. The summed E-state index contributed by atoms with van der Waals surface area (Å²) in [5.41, 5.74) is 0.638. The van der Waals surface area contributed by atoms with E-state index in [4.69, 9.17) is 23.2 Å². The van der Waals surface area contributed by atoms with E-state index in [0.717, 1.165) is 9.37 Å². The fourth-order valence-electron chi connectivity index (χ4n) is 1.38. The molecule has 0 atom stereocenters. The van der Waals surface area contributed by atoms with Gasteiger partial charge in [0.05, 0.1) is 5.02 Å². The predicted molar refractivity (Wildman–Crippen MR) is 80.1 cm³/mol. The van der Waals surface area contributed by atoms with Crippen LogP contribution in [-0.4, -0.2) is 0 Å². The van der Waals surface area contributed by atoms with Gasteiger partial charge in [0.25, 0.3) is 0 Å². The number of benzene rings is 2. The molecule has 0 aromatic heterocycles. The third-order valence-corrected chi connectivity index (χ3v) is 4.57. The quantitative estimate of drug-likeness (QED) is 0.584. The monoisotopic (exact) mass is 364 g/mol. The molecule has 94 valence electrons. The Morgan fingerprint density at radius 1 is 1.11 bits per heavy atom. The lowest BCUT2D eigenvalue weighted by atomic mass is 10.2. The van der Waals surface area contributed by atoms with Gasteiger partial charge in [0.15, 0.2) is 0 Å². The van der Waals surface area contributed by atoms with Gasteiger partial charge in [-0.15, -0.1) is 11.8 Å². The fraction of sp³-hybridized carbons (Fsp3) is 0.0769. The summed E-state index contributed by atoms with van der Waals surface area (Å²) in [5.74, 6) is 0.286. The van der Waals surface area contributed by atoms with Gasteiger partial charge in [-0.05, 0) is 35.9 Å². The number of rotatable bonds is 3. The molecular formula is C13H8BrCl2FS. The van der Waals surface area contributed by atoms with Gasteiger partial charge in [-0.1, -0.05) is 45.2 Å². The first-order valence-corrected chi connectivity index (χ1v) is 7.61. The number of thioether (sulfide) groups is 1. The molecule has 2 aromatic carbocycles. The molecule has 0 aliphatic heterocycles. The molecule has 18 heavy (non-hydrogen) atoms. The van der Waals surface area contributed by atoms with Crippen LogP contribution in [0.4, 0.5) is 4.39 Å².